The maximum Gasteiger partial charge on any atom is 0.330 e. The predicted octanol–water partition coefficient (Wildman–Crippen LogP) is 2.98. The molecule has 1 saturated heterocycles. The lowest BCUT2D eigenvalue weighted by Gasteiger charge is -2.18. The first-order valence-corrected chi connectivity index (χ1v) is 10.8. The molecule has 3 atom stereocenters. The normalized spacial score (nSPS) is 23.3. The highest BCUT2D eigenvalue weighted by atomic mass is 35.5. The van der Waals surface area contributed by atoms with E-state index in [9.17, 15) is 4.57 Å². The molecular formula is C15H23ClN5O5P. The van der Waals surface area contributed by atoms with Crippen molar-refractivity contribution >= 4 is 36.3 Å². The van der Waals surface area contributed by atoms with E-state index >= 15 is 0 Å². The Hall–Kier alpha value is -1.29. The Morgan fingerprint density at radius 2 is 2.00 bits per heavy atom. The van der Waals surface area contributed by atoms with Gasteiger partial charge in [0.1, 0.15) is 11.6 Å². The second kappa shape index (κ2) is 8.38. The Labute approximate surface area is 161 Å². The minimum Gasteiger partial charge on any atom is -0.368 e. The quantitative estimate of drug-likeness (QED) is 0.507. The van der Waals surface area contributed by atoms with Gasteiger partial charge in [-0.15, -0.1) is 0 Å². The minimum absolute atomic E-state index is 0.0479. The number of imidazole rings is 1. The van der Waals surface area contributed by atoms with E-state index < -0.39 is 20.1 Å². The van der Waals surface area contributed by atoms with E-state index in [0.717, 1.165) is 0 Å². The molecule has 1 unspecified atom stereocenters. The third kappa shape index (κ3) is 4.42. The van der Waals surface area contributed by atoms with Crippen LogP contribution in [0, 0.1) is 0 Å². The summed E-state index contributed by atoms with van der Waals surface area (Å²) in [6.07, 6.45) is 0.784. The molecule has 2 aromatic heterocycles. The van der Waals surface area contributed by atoms with Crippen molar-refractivity contribution in [1.82, 2.24) is 19.5 Å². The molecule has 0 aliphatic carbocycles. The maximum absolute atomic E-state index is 12.6. The molecule has 1 fully saturated rings. The molecule has 0 radical (unpaired) electrons. The van der Waals surface area contributed by atoms with Crippen LogP contribution in [0.25, 0.3) is 11.2 Å². The van der Waals surface area contributed by atoms with Crippen molar-refractivity contribution in [3.05, 3.63) is 11.5 Å². The Balaban J connectivity index is 1.73. The van der Waals surface area contributed by atoms with E-state index in [1.54, 1.807) is 24.7 Å². The van der Waals surface area contributed by atoms with E-state index in [0.29, 0.717) is 30.8 Å². The van der Waals surface area contributed by atoms with Gasteiger partial charge >= 0.3 is 7.60 Å². The molecule has 0 saturated carbocycles. The van der Waals surface area contributed by atoms with Crippen LogP contribution in [0.2, 0.25) is 5.15 Å². The minimum atomic E-state index is -3.16. The molecule has 27 heavy (non-hydrogen) atoms. The van der Waals surface area contributed by atoms with Crippen molar-refractivity contribution in [2.24, 2.45) is 0 Å². The topological polar surface area (TPSA) is 124 Å². The van der Waals surface area contributed by atoms with Gasteiger partial charge in [0, 0.05) is 6.42 Å². The number of nitrogen functional groups attached to an aromatic ring is 1. The number of halogens is 1. The van der Waals surface area contributed by atoms with Crippen LogP contribution in [0.1, 0.15) is 33.4 Å². The lowest BCUT2D eigenvalue weighted by atomic mass is 10.3. The van der Waals surface area contributed by atoms with Gasteiger partial charge in [0.15, 0.2) is 23.3 Å². The Kier molecular flexibility index (Phi) is 6.35. The number of fused-ring (bicyclic) bond motifs is 1. The van der Waals surface area contributed by atoms with Gasteiger partial charge in [0.05, 0.1) is 25.7 Å². The molecule has 1 aliphatic heterocycles. The number of anilines is 1. The second-order valence-corrected chi connectivity index (χ2v) is 8.50. The standard InChI is InChI=1S/C15H23ClN5O5P/c1-4-23-27(22,24-5-2)7-6-10-25-9(3)14(26-10)21-8-18-11-12(16)19-15(17)20-13(11)21/h8-10,14H,4-7H2,1-3H3,(H2,17,19,20)/t9-,10+,14?/m1/s1. The Bertz CT molecular complexity index is 839. The molecule has 0 amide bonds. The van der Waals surface area contributed by atoms with Crippen LogP contribution in [0.15, 0.2) is 6.33 Å². The number of hydrogen-bond acceptors (Lipinski definition) is 9. The van der Waals surface area contributed by atoms with E-state index in [1.165, 1.54) is 0 Å². The molecular weight excluding hydrogens is 397 g/mol. The van der Waals surface area contributed by atoms with Crippen molar-refractivity contribution in [3.8, 4) is 0 Å². The Morgan fingerprint density at radius 1 is 1.30 bits per heavy atom. The fourth-order valence-electron chi connectivity index (χ4n) is 2.94. The second-order valence-electron chi connectivity index (χ2n) is 5.95. The van der Waals surface area contributed by atoms with E-state index in [-0.39, 0.29) is 23.4 Å². The van der Waals surface area contributed by atoms with E-state index in [2.05, 4.69) is 15.0 Å². The fraction of sp³-hybridized carbons (Fsp3) is 0.667. The zero-order valence-electron chi connectivity index (χ0n) is 15.4. The van der Waals surface area contributed by atoms with E-state index in [4.69, 9.17) is 35.9 Å². The fourth-order valence-corrected chi connectivity index (χ4v) is 4.81. The highest BCUT2D eigenvalue weighted by molar-refractivity contribution is 7.53. The monoisotopic (exact) mass is 419 g/mol. The van der Waals surface area contributed by atoms with Crippen molar-refractivity contribution in [1.29, 1.82) is 0 Å². The summed E-state index contributed by atoms with van der Waals surface area (Å²) in [5.74, 6) is 0.0479. The van der Waals surface area contributed by atoms with Crippen LogP contribution in [-0.4, -0.2) is 51.3 Å². The molecule has 1 aliphatic rings. The first kappa shape index (κ1) is 20.4. The molecule has 10 nitrogen and oxygen atoms in total. The van der Waals surface area contributed by atoms with Crippen molar-refractivity contribution in [3.63, 3.8) is 0 Å². The van der Waals surface area contributed by atoms with Gasteiger partial charge in [-0.3, -0.25) is 9.13 Å². The number of rotatable bonds is 8. The van der Waals surface area contributed by atoms with Crippen molar-refractivity contribution in [2.45, 2.75) is 45.8 Å². The van der Waals surface area contributed by atoms with Crippen LogP contribution in [0.4, 0.5) is 5.95 Å². The number of aromatic nitrogens is 4. The van der Waals surface area contributed by atoms with Gasteiger partial charge in [-0.25, -0.2) is 4.98 Å². The van der Waals surface area contributed by atoms with Crippen LogP contribution < -0.4 is 5.73 Å². The lowest BCUT2D eigenvalue weighted by molar-refractivity contribution is -0.0750. The highest BCUT2D eigenvalue weighted by Crippen LogP contribution is 2.49. The summed E-state index contributed by atoms with van der Waals surface area (Å²) >= 11 is 6.07. The first-order valence-electron chi connectivity index (χ1n) is 8.71. The molecule has 2 aromatic rings. The third-order valence-corrected chi connectivity index (χ3v) is 6.39. The Morgan fingerprint density at radius 3 is 2.67 bits per heavy atom. The summed E-state index contributed by atoms with van der Waals surface area (Å²) in [5, 5.41) is 0.175. The zero-order chi connectivity index (χ0) is 19.6. The molecule has 3 rings (SSSR count). The number of hydrogen-bond donors (Lipinski definition) is 1. The van der Waals surface area contributed by atoms with Crippen molar-refractivity contribution < 1.29 is 23.1 Å². The summed E-state index contributed by atoms with van der Waals surface area (Å²) < 4.78 is 36.7. The molecule has 150 valence electrons. The predicted molar refractivity (Wildman–Crippen MR) is 99.5 cm³/mol. The lowest BCUT2D eigenvalue weighted by Crippen LogP contribution is -2.17. The van der Waals surface area contributed by atoms with Crippen LogP contribution in [-0.2, 0) is 23.1 Å². The number of ether oxygens (including phenoxy) is 2. The van der Waals surface area contributed by atoms with Crippen LogP contribution >= 0.6 is 19.2 Å². The summed E-state index contributed by atoms with van der Waals surface area (Å²) in [7, 11) is -3.16. The summed E-state index contributed by atoms with van der Waals surface area (Å²) in [4.78, 5) is 12.3. The average molecular weight is 420 g/mol. The largest absolute Gasteiger partial charge is 0.368 e. The van der Waals surface area contributed by atoms with Crippen molar-refractivity contribution in [2.75, 3.05) is 25.1 Å². The smallest absolute Gasteiger partial charge is 0.330 e. The van der Waals surface area contributed by atoms with Gasteiger partial charge in [-0.1, -0.05) is 11.6 Å². The molecule has 0 bridgehead atoms. The maximum atomic E-state index is 12.6. The number of nitrogens with two attached hydrogens (primary N) is 1. The van der Waals surface area contributed by atoms with Gasteiger partial charge < -0.3 is 24.3 Å². The average Bonchev–Trinajstić information content (AvgIpc) is 3.17. The molecule has 2 N–H and O–H groups in total. The van der Waals surface area contributed by atoms with Gasteiger partial charge in [-0.2, -0.15) is 9.97 Å². The number of nitrogens with zero attached hydrogens (tertiary/aromatic N) is 4. The molecule has 0 aromatic carbocycles. The highest BCUT2D eigenvalue weighted by Gasteiger charge is 2.37. The van der Waals surface area contributed by atoms with Gasteiger partial charge in [0.2, 0.25) is 5.95 Å². The molecule has 12 heteroatoms. The zero-order valence-corrected chi connectivity index (χ0v) is 17.0. The summed E-state index contributed by atoms with van der Waals surface area (Å²) in [5.41, 5.74) is 6.58. The SMILES string of the molecule is CCOP(=O)(CC[C@@H]1OC(n2cnc3c(Cl)nc(N)nc32)[C@@H](C)O1)OCC. The van der Waals surface area contributed by atoms with Crippen LogP contribution in [0.5, 0.6) is 0 Å². The van der Waals surface area contributed by atoms with E-state index in [1.807, 2.05) is 6.92 Å². The van der Waals surface area contributed by atoms with Gasteiger partial charge in [0.25, 0.3) is 0 Å². The first-order chi connectivity index (χ1) is 12.9. The summed E-state index contributed by atoms with van der Waals surface area (Å²) in [6, 6.07) is 0. The molecule has 0 spiro atoms. The summed E-state index contributed by atoms with van der Waals surface area (Å²) in [6.45, 7) is 6.04. The van der Waals surface area contributed by atoms with Gasteiger partial charge in [-0.05, 0) is 20.8 Å². The molecule has 3 heterocycles. The van der Waals surface area contributed by atoms with Crippen LogP contribution in [0.3, 0.4) is 0 Å². The third-order valence-electron chi connectivity index (χ3n) is 4.02.